The molecule has 2 amide bonds. The molecule has 3 aromatic carbocycles. The van der Waals surface area contributed by atoms with Gasteiger partial charge in [0.15, 0.2) is 0 Å². The lowest BCUT2D eigenvalue weighted by atomic mass is 10.2. The van der Waals surface area contributed by atoms with E-state index in [0.717, 1.165) is 0 Å². The average molecular weight is 483 g/mol. The first-order valence-corrected chi connectivity index (χ1v) is 11.4. The zero-order valence-corrected chi connectivity index (χ0v) is 19.9. The van der Waals surface area contributed by atoms with Crippen LogP contribution in [0.3, 0.4) is 0 Å². The number of para-hydroxylation sites is 1. The summed E-state index contributed by atoms with van der Waals surface area (Å²) in [6.45, 7) is 4.58. The highest BCUT2D eigenvalue weighted by Gasteiger charge is 2.17. The summed E-state index contributed by atoms with van der Waals surface area (Å²) >= 11 is 6.08. The normalized spacial score (nSPS) is 10.3. The highest BCUT2D eigenvalue weighted by Crippen LogP contribution is 2.37. The van der Waals surface area contributed by atoms with Crippen LogP contribution in [0.15, 0.2) is 66.7 Å². The van der Waals surface area contributed by atoms with Gasteiger partial charge in [0.25, 0.3) is 5.91 Å². The smallest absolute Gasteiger partial charge is 0.255 e. The topological polar surface area (TPSA) is 85.9 Å². The van der Waals surface area contributed by atoms with Crippen LogP contribution in [-0.2, 0) is 4.79 Å². The van der Waals surface area contributed by atoms with Gasteiger partial charge in [0, 0.05) is 17.7 Å². The van der Waals surface area contributed by atoms with Gasteiger partial charge >= 0.3 is 0 Å². The standard InChI is InChI=1S/C26H27ClN2O5/c1-3-32-23-17-21(29-26(31)18-10-6-5-7-11-18)24(33-4-2)16-20(23)28-25(30)14-15-34-22-13-9-8-12-19(22)27/h5-13,16-17H,3-4,14-15H2,1-2H3,(H,28,30)(H,29,31). The minimum Gasteiger partial charge on any atom is -0.492 e. The van der Waals surface area contributed by atoms with Gasteiger partial charge in [0.05, 0.1) is 42.6 Å². The molecular formula is C26H27ClN2O5. The lowest BCUT2D eigenvalue weighted by Crippen LogP contribution is -2.17. The molecule has 3 rings (SSSR count). The predicted molar refractivity (Wildman–Crippen MR) is 133 cm³/mol. The van der Waals surface area contributed by atoms with E-state index in [2.05, 4.69) is 10.6 Å². The van der Waals surface area contributed by atoms with E-state index < -0.39 is 0 Å². The molecule has 0 aliphatic carbocycles. The summed E-state index contributed by atoms with van der Waals surface area (Å²) in [6.07, 6.45) is 0.104. The molecule has 8 heteroatoms. The molecule has 0 bridgehead atoms. The predicted octanol–water partition coefficient (Wildman–Crippen LogP) is 5.80. The highest BCUT2D eigenvalue weighted by atomic mass is 35.5. The van der Waals surface area contributed by atoms with Gasteiger partial charge in [-0.2, -0.15) is 0 Å². The number of halogens is 1. The summed E-state index contributed by atoms with van der Waals surface area (Å²) in [6, 6.07) is 19.2. The van der Waals surface area contributed by atoms with E-state index >= 15 is 0 Å². The van der Waals surface area contributed by atoms with Crippen molar-refractivity contribution in [2.24, 2.45) is 0 Å². The van der Waals surface area contributed by atoms with Gasteiger partial charge in [0.1, 0.15) is 17.2 Å². The molecule has 0 fully saturated rings. The number of amides is 2. The number of benzene rings is 3. The van der Waals surface area contributed by atoms with Crippen molar-refractivity contribution < 1.29 is 23.8 Å². The maximum Gasteiger partial charge on any atom is 0.255 e. The molecule has 178 valence electrons. The van der Waals surface area contributed by atoms with Crippen molar-refractivity contribution in [1.29, 1.82) is 0 Å². The lowest BCUT2D eigenvalue weighted by Gasteiger charge is -2.18. The monoisotopic (exact) mass is 482 g/mol. The maximum absolute atomic E-state index is 12.7. The van der Waals surface area contributed by atoms with E-state index in [0.29, 0.717) is 52.4 Å². The molecule has 2 N–H and O–H groups in total. The Balaban J connectivity index is 1.74. The van der Waals surface area contributed by atoms with Crippen LogP contribution >= 0.6 is 11.6 Å². The minimum atomic E-state index is -0.280. The number of carbonyl (C=O) groups excluding carboxylic acids is 2. The SMILES string of the molecule is CCOc1cc(NC(=O)c2ccccc2)c(OCC)cc1NC(=O)CCOc1ccccc1Cl. The van der Waals surface area contributed by atoms with Crippen molar-refractivity contribution in [3.8, 4) is 17.2 Å². The summed E-state index contributed by atoms with van der Waals surface area (Å²) in [5.74, 6) is 0.797. The molecule has 0 unspecified atom stereocenters. The number of nitrogens with one attached hydrogen (secondary N) is 2. The van der Waals surface area contributed by atoms with Crippen LogP contribution in [-0.4, -0.2) is 31.6 Å². The Morgan fingerprint density at radius 1 is 0.765 bits per heavy atom. The molecule has 0 saturated heterocycles. The van der Waals surface area contributed by atoms with Gasteiger partial charge in [-0.25, -0.2) is 0 Å². The summed E-state index contributed by atoms with van der Waals surface area (Å²) in [7, 11) is 0. The first-order chi connectivity index (χ1) is 16.5. The number of hydrogen-bond donors (Lipinski definition) is 2. The maximum atomic E-state index is 12.7. The Kier molecular flexibility index (Phi) is 9.17. The van der Waals surface area contributed by atoms with Crippen molar-refractivity contribution in [3.05, 3.63) is 77.3 Å². The van der Waals surface area contributed by atoms with E-state index in [9.17, 15) is 9.59 Å². The fraction of sp³-hybridized carbons (Fsp3) is 0.231. The van der Waals surface area contributed by atoms with Crippen LogP contribution in [0, 0.1) is 0 Å². The van der Waals surface area contributed by atoms with Gasteiger partial charge in [-0.05, 0) is 38.1 Å². The molecule has 0 aliphatic heterocycles. The molecule has 0 heterocycles. The van der Waals surface area contributed by atoms with E-state index in [1.807, 2.05) is 26.0 Å². The van der Waals surface area contributed by atoms with Crippen LogP contribution < -0.4 is 24.8 Å². The van der Waals surface area contributed by atoms with Gasteiger partial charge < -0.3 is 24.8 Å². The molecule has 3 aromatic rings. The Hall–Kier alpha value is -3.71. The fourth-order valence-electron chi connectivity index (χ4n) is 3.12. The molecule has 0 atom stereocenters. The molecule has 0 saturated carbocycles. The Morgan fingerprint density at radius 3 is 1.97 bits per heavy atom. The van der Waals surface area contributed by atoms with Crippen molar-refractivity contribution in [2.75, 3.05) is 30.5 Å². The van der Waals surface area contributed by atoms with Crippen molar-refractivity contribution >= 4 is 34.8 Å². The number of hydrogen-bond acceptors (Lipinski definition) is 5. The number of anilines is 2. The van der Waals surface area contributed by atoms with Gasteiger partial charge in [-0.1, -0.05) is 41.9 Å². The Bertz CT molecular complexity index is 1120. The summed E-state index contributed by atoms with van der Waals surface area (Å²) in [5, 5.41) is 6.18. The van der Waals surface area contributed by atoms with Crippen molar-refractivity contribution in [2.45, 2.75) is 20.3 Å². The van der Waals surface area contributed by atoms with Gasteiger partial charge in [-0.3, -0.25) is 9.59 Å². The Labute approximate surface area is 204 Å². The second kappa shape index (κ2) is 12.5. The third kappa shape index (κ3) is 6.89. The van der Waals surface area contributed by atoms with E-state index in [-0.39, 0.29) is 24.8 Å². The fourth-order valence-corrected chi connectivity index (χ4v) is 3.31. The molecule has 0 spiro atoms. The number of rotatable bonds is 11. The third-order valence-electron chi connectivity index (χ3n) is 4.66. The summed E-state index contributed by atoms with van der Waals surface area (Å²) in [4.78, 5) is 25.2. The molecule has 7 nitrogen and oxygen atoms in total. The lowest BCUT2D eigenvalue weighted by molar-refractivity contribution is -0.116. The summed E-state index contributed by atoms with van der Waals surface area (Å²) in [5.41, 5.74) is 1.39. The zero-order chi connectivity index (χ0) is 24.3. The summed E-state index contributed by atoms with van der Waals surface area (Å²) < 4.78 is 17.0. The van der Waals surface area contributed by atoms with Crippen LogP contribution in [0.2, 0.25) is 5.02 Å². The van der Waals surface area contributed by atoms with Crippen LogP contribution in [0.25, 0.3) is 0 Å². The molecule has 0 radical (unpaired) electrons. The highest BCUT2D eigenvalue weighted by molar-refractivity contribution is 6.32. The van der Waals surface area contributed by atoms with Crippen LogP contribution in [0.1, 0.15) is 30.6 Å². The quantitative estimate of drug-likeness (QED) is 0.361. The van der Waals surface area contributed by atoms with E-state index in [1.54, 1.807) is 54.6 Å². The van der Waals surface area contributed by atoms with Gasteiger partial charge in [0.2, 0.25) is 5.91 Å². The van der Waals surface area contributed by atoms with Crippen molar-refractivity contribution in [1.82, 2.24) is 0 Å². The van der Waals surface area contributed by atoms with Gasteiger partial charge in [-0.15, -0.1) is 0 Å². The third-order valence-corrected chi connectivity index (χ3v) is 4.98. The number of ether oxygens (including phenoxy) is 3. The first-order valence-electron chi connectivity index (χ1n) is 11.0. The molecule has 0 aliphatic rings. The second-order valence-electron chi connectivity index (χ2n) is 7.11. The molecule has 0 aromatic heterocycles. The zero-order valence-electron chi connectivity index (χ0n) is 19.1. The molecule has 34 heavy (non-hydrogen) atoms. The Morgan fingerprint density at radius 2 is 1.35 bits per heavy atom. The number of carbonyl (C=O) groups is 2. The molecular weight excluding hydrogens is 456 g/mol. The largest absolute Gasteiger partial charge is 0.492 e. The first kappa shape index (κ1) is 24.9. The minimum absolute atomic E-state index is 0.104. The van der Waals surface area contributed by atoms with E-state index in [1.165, 1.54) is 0 Å². The van der Waals surface area contributed by atoms with Crippen molar-refractivity contribution in [3.63, 3.8) is 0 Å². The van der Waals surface area contributed by atoms with Crippen LogP contribution in [0.5, 0.6) is 17.2 Å². The average Bonchev–Trinajstić information content (AvgIpc) is 2.83. The second-order valence-corrected chi connectivity index (χ2v) is 7.51. The van der Waals surface area contributed by atoms with E-state index in [4.69, 9.17) is 25.8 Å². The van der Waals surface area contributed by atoms with Crippen LogP contribution in [0.4, 0.5) is 11.4 Å².